The summed E-state index contributed by atoms with van der Waals surface area (Å²) >= 11 is 0. The first kappa shape index (κ1) is 17.3. The molecule has 3 amide bonds. The zero-order chi connectivity index (χ0) is 20.9. The summed E-state index contributed by atoms with van der Waals surface area (Å²) in [4.78, 5) is 40.0. The van der Waals surface area contributed by atoms with Crippen LogP contribution in [0.15, 0.2) is 59.0 Å². The molecule has 8 rings (SSSR count). The number of para-hydroxylation sites is 1. The van der Waals surface area contributed by atoms with Gasteiger partial charge in [0.2, 0.25) is 17.7 Å². The molecule has 1 saturated heterocycles. The molecule has 2 aromatic carbocycles. The summed E-state index contributed by atoms with van der Waals surface area (Å²) < 4.78 is 5.87. The third kappa shape index (κ3) is 2.30. The van der Waals surface area contributed by atoms with Gasteiger partial charge in [-0.15, -0.1) is 0 Å². The molecule has 3 aromatic rings. The number of nitrogens with zero attached hydrogens (tertiary/aromatic N) is 1. The maximum Gasteiger partial charge on any atom is 0.244 e. The van der Waals surface area contributed by atoms with Crippen molar-refractivity contribution in [2.24, 2.45) is 35.5 Å². The van der Waals surface area contributed by atoms with Crippen molar-refractivity contribution in [3.05, 3.63) is 54.6 Å². The Labute approximate surface area is 177 Å². The summed E-state index contributed by atoms with van der Waals surface area (Å²) in [6, 6.07) is 13.3. The number of hydrogen-bond acceptors (Lipinski definition) is 4. The molecule has 3 fully saturated rings. The Hall–Kier alpha value is -3.41. The second-order valence-corrected chi connectivity index (χ2v) is 9.27. The highest BCUT2D eigenvalue weighted by Gasteiger charge is 2.67. The molecule has 0 spiro atoms. The van der Waals surface area contributed by atoms with Gasteiger partial charge in [0.15, 0.2) is 0 Å². The number of likely N-dealkylation sites (tertiary alicyclic amines) is 1. The van der Waals surface area contributed by atoms with Crippen LogP contribution in [0.1, 0.15) is 6.42 Å². The van der Waals surface area contributed by atoms with Gasteiger partial charge < -0.3 is 9.73 Å². The summed E-state index contributed by atoms with van der Waals surface area (Å²) in [7, 11) is 0. The molecule has 6 heteroatoms. The monoisotopic (exact) mass is 412 g/mol. The van der Waals surface area contributed by atoms with Crippen molar-refractivity contribution < 1.29 is 18.8 Å². The topological polar surface area (TPSA) is 79.6 Å². The number of carbonyl (C=O) groups excluding carboxylic acids is 3. The average Bonchev–Trinajstić information content (AvgIpc) is 3.47. The summed E-state index contributed by atoms with van der Waals surface area (Å²) in [6.45, 7) is -0.238. The first-order valence-electron chi connectivity index (χ1n) is 10.8. The van der Waals surface area contributed by atoms with E-state index < -0.39 is 0 Å². The molecular weight excluding hydrogens is 392 g/mol. The fourth-order valence-corrected chi connectivity index (χ4v) is 6.32. The van der Waals surface area contributed by atoms with E-state index in [1.54, 1.807) is 6.07 Å². The minimum absolute atomic E-state index is 0.167. The number of benzene rings is 2. The van der Waals surface area contributed by atoms with Crippen LogP contribution in [0.5, 0.6) is 0 Å². The van der Waals surface area contributed by atoms with Crippen molar-refractivity contribution in [2.45, 2.75) is 6.42 Å². The zero-order valence-electron chi connectivity index (χ0n) is 16.7. The lowest BCUT2D eigenvalue weighted by Gasteiger charge is -2.37. The molecule has 0 radical (unpaired) electrons. The van der Waals surface area contributed by atoms with Gasteiger partial charge in [-0.2, -0.15) is 0 Å². The molecule has 5 aliphatic rings. The Morgan fingerprint density at radius 2 is 1.61 bits per heavy atom. The van der Waals surface area contributed by atoms with Crippen LogP contribution in [0.25, 0.3) is 21.9 Å². The molecule has 6 atom stereocenters. The maximum absolute atomic E-state index is 13.0. The maximum atomic E-state index is 13.0. The number of imide groups is 1. The van der Waals surface area contributed by atoms with Gasteiger partial charge in [-0.25, -0.2) is 0 Å². The van der Waals surface area contributed by atoms with E-state index >= 15 is 0 Å². The molecule has 2 bridgehead atoms. The van der Waals surface area contributed by atoms with Gasteiger partial charge in [0.05, 0.1) is 11.8 Å². The van der Waals surface area contributed by atoms with Crippen molar-refractivity contribution in [1.82, 2.24) is 4.90 Å². The summed E-state index contributed by atoms with van der Waals surface area (Å²) in [5.74, 6) is 0.165. The van der Waals surface area contributed by atoms with Crippen LogP contribution in [0.2, 0.25) is 0 Å². The SMILES string of the molecule is O=C(CN1C(=O)C2C3C=CC(C4CC34)C2C1=O)Nc1ccc2c(c1)oc1ccccc12. The average molecular weight is 412 g/mol. The van der Waals surface area contributed by atoms with Crippen molar-refractivity contribution in [3.63, 3.8) is 0 Å². The van der Waals surface area contributed by atoms with E-state index in [1.807, 2.05) is 36.4 Å². The predicted octanol–water partition coefficient (Wildman–Crippen LogP) is 3.58. The van der Waals surface area contributed by atoms with E-state index in [2.05, 4.69) is 17.5 Å². The largest absolute Gasteiger partial charge is 0.456 e. The number of nitrogens with one attached hydrogen (secondary N) is 1. The predicted molar refractivity (Wildman–Crippen MR) is 114 cm³/mol. The number of furan rings is 1. The molecule has 4 aliphatic carbocycles. The molecule has 1 N–H and O–H groups in total. The standard InChI is InChI=1S/C25H20N2O4/c28-21(26-12-5-6-14-13-3-1-2-4-19(13)31-20(14)9-12)11-27-24(29)22-15-7-8-16(18-10-17(15)18)23(22)25(27)30/h1-9,15-18,22-23H,10-11H2,(H,26,28). The Kier molecular flexibility index (Phi) is 3.26. The Bertz CT molecular complexity index is 1300. The highest BCUT2D eigenvalue weighted by Crippen LogP contribution is 2.65. The molecule has 2 heterocycles. The Morgan fingerprint density at radius 1 is 0.935 bits per heavy atom. The summed E-state index contributed by atoms with van der Waals surface area (Å²) in [6.07, 6.45) is 5.40. The molecule has 1 aliphatic heterocycles. The molecule has 6 unspecified atom stereocenters. The first-order valence-corrected chi connectivity index (χ1v) is 10.8. The van der Waals surface area contributed by atoms with Gasteiger partial charge in [0.1, 0.15) is 17.7 Å². The van der Waals surface area contributed by atoms with Crippen molar-refractivity contribution in [1.29, 1.82) is 0 Å². The van der Waals surface area contributed by atoms with Crippen LogP contribution in [0.3, 0.4) is 0 Å². The number of rotatable bonds is 3. The summed E-state index contributed by atoms with van der Waals surface area (Å²) in [5, 5.41) is 4.82. The smallest absolute Gasteiger partial charge is 0.244 e. The molecular formula is C25H20N2O4. The van der Waals surface area contributed by atoms with E-state index in [0.717, 1.165) is 22.8 Å². The lowest BCUT2D eigenvalue weighted by molar-refractivity contribution is -0.142. The molecule has 6 nitrogen and oxygen atoms in total. The molecule has 31 heavy (non-hydrogen) atoms. The minimum atomic E-state index is -0.374. The van der Waals surface area contributed by atoms with E-state index in [0.29, 0.717) is 23.1 Å². The fourth-order valence-electron chi connectivity index (χ4n) is 6.32. The van der Waals surface area contributed by atoms with Crippen LogP contribution in [-0.4, -0.2) is 29.2 Å². The van der Waals surface area contributed by atoms with Crippen molar-refractivity contribution >= 4 is 45.3 Å². The van der Waals surface area contributed by atoms with E-state index in [-0.39, 0.29) is 47.9 Å². The molecule has 154 valence electrons. The van der Waals surface area contributed by atoms with Crippen LogP contribution >= 0.6 is 0 Å². The molecule has 2 saturated carbocycles. The Balaban J connectivity index is 1.11. The van der Waals surface area contributed by atoms with Gasteiger partial charge in [-0.05, 0) is 48.3 Å². The number of allylic oxidation sites excluding steroid dienone is 2. The highest BCUT2D eigenvalue weighted by atomic mass is 16.3. The minimum Gasteiger partial charge on any atom is -0.456 e. The summed E-state index contributed by atoms with van der Waals surface area (Å²) in [5.41, 5.74) is 2.05. The van der Waals surface area contributed by atoms with Gasteiger partial charge in [0.25, 0.3) is 0 Å². The van der Waals surface area contributed by atoms with E-state index in [4.69, 9.17) is 4.42 Å². The third-order valence-electron chi connectivity index (χ3n) is 7.72. The van der Waals surface area contributed by atoms with Crippen molar-refractivity contribution in [3.8, 4) is 0 Å². The molecule has 1 aromatic heterocycles. The zero-order valence-corrected chi connectivity index (χ0v) is 16.7. The van der Waals surface area contributed by atoms with Crippen molar-refractivity contribution in [2.75, 3.05) is 11.9 Å². The number of fused-ring (bicyclic) bond motifs is 3. The second kappa shape index (κ2) is 5.84. The van der Waals surface area contributed by atoms with Crippen LogP contribution in [-0.2, 0) is 14.4 Å². The quantitative estimate of drug-likeness (QED) is 0.527. The Morgan fingerprint density at radius 3 is 2.35 bits per heavy atom. The second-order valence-electron chi connectivity index (χ2n) is 9.27. The van der Waals surface area contributed by atoms with Crippen LogP contribution in [0, 0.1) is 35.5 Å². The normalized spacial score (nSPS) is 32.6. The number of carbonyl (C=O) groups is 3. The third-order valence-corrected chi connectivity index (χ3v) is 7.72. The highest BCUT2D eigenvalue weighted by molar-refractivity contribution is 6.10. The lowest BCUT2D eigenvalue weighted by Crippen LogP contribution is -2.40. The lowest BCUT2D eigenvalue weighted by atomic mass is 9.63. The fraction of sp³-hybridized carbons (Fsp3) is 0.320. The van der Waals surface area contributed by atoms with Gasteiger partial charge in [-0.3, -0.25) is 19.3 Å². The van der Waals surface area contributed by atoms with E-state index in [1.165, 1.54) is 4.90 Å². The number of amides is 3. The van der Waals surface area contributed by atoms with Gasteiger partial charge in [-0.1, -0.05) is 30.4 Å². The van der Waals surface area contributed by atoms with Crippen LogP contribution in [0.4, 0.5) is 5.69 Å². The number of anilines is 1. The van der Waals surface area contributed by atoms with Gasteiger partial charge in [0, 0.05) is 22.5 Å². The van der Waals surface area contributed by atoms with Gasteiger partial charge >= 0.3 is 0 Å². The number of hydrogen-bond donors (Lipinski definition) is 1. The first-order chi connectivity index (χ1) is 15.1. The van der Waals surface area contributed by atoms with Crippen LogP contribution < -0.4 is 5.32 Å². The van der Waals surface area contributed by atoms with E-state index in [9.17, 15) is 14.4 Å².